The Kier molecular flexibility index (Phi) is 6.09. The Morgan fingerprint density at radius 3 is 2.55 bits per heavy atom. The summed E-state index contributed by atoms with van der Waals surface area (Å²) in [6, 6.07) is 2.73. The molecule has 0 heterocycles. The lowest BCUT2D eigenvalue weighted by molar-refractivity contribution is 0.0696. The molecule has 1 aromatic carbocycles. The van der Waals surface area contributed by atoms with Crippen LogP contribution in [0.15, 0.2) is 23.1 Å². The highest BCUT2D eigenvalue weighted by Gasteiger charge is 2.19. The van der Waals surface area contributed by atoms with Gasteiger partial charge in [-0.05, 0) is 24.6 Å². The van der Waals surface area contributed by atoms with Gasteiger partial charge in [0, 0.05) is 6.54 Å². The lowest BCUT2D eigenvalue weighted by Gasteiger charge is -2.08. The van der Waals surface area contributed by atoms with E-state index in [9.17, 15) is 17.6 Å². The summed E-state index contributed by atoms with van der Waals surface area (Å²) in [4.78, 5) is 10.1. The molecule has 0 aliphatic heterocycles. The lowest BCUT2D eigenvalue weighted by Crippen LogP contribution is -2.25. The van der Waals surface area contributed by atoms with Gasteiger partial charge in [-0.2, -0.15) is 0 Å². The van der Waals surface area contributed by atoms with E-state index >= 15 is 0 Å². The number of nitrogens with one attached hydrogen (secondary N) is 1. The fourth-order valence-corrected chi connectivity index (χ4v) is 2.82. The summed E-state index contributed by atoms with van der Waals surface area (Å²) in [7, 11) is -3.94. The predicted molar refractivity (Wildman–Crippen MR) is 72.7 cm³/mol. The maximum Gasteiger partial charge on any atom is 0.335 e. The largest absolute Gasteiger partial charge is 0.478 e. The third-order valence-electron chi connectivity index (χ3n) is 2.79. The predicted octanol–water partition coefficient (Wildman–Crippen LogP) is 2.38. The molecule has 2 N–H and O–H groups in total. The molecule has 0 atom stereocenters. The number of aromatic carboxylic acids is 1. The molecule has 5 nitrogen and oxygen atoms in total. The summed E-state index contributed by atoms with van der Waals surface area (Å²) < 4.78 is 39.7. The number of sulfonamides is 1. The van der Waals surface area contributed by atoms with Gasteiger partial charge in [0.2, 0.25) is 10.0 Å². The molecule has 0 aromatic heterocycles. The summed E-state index contributed by atoms with van der Waals surface area (Å²) in [6.45, 7) is 2.28. The molecular formula is C13H18FNO4S. The molecule has 0 radical (unpaired) electrons. The van der Waals surface area contributed by atoms with Crippen LogP contribution in [-0.2, 0) is 10.0 Å². The normalized spacial score (nSPS) is 11.5. The van der Waals surface area contributed by atoms with Gasteiger partial charge in [-0.25, -0.2) is 22.3 Å². The molecule has 0 bridgehead atoms. The summed E-state index contributed by atoms with van der Waals surface area (Å²) in [6.07, 6.45) is 3.64. The highest BCUT2D eigenvalue weighted by molar-refractivity contribution is 7.89. The van der Waals surface area contributed by atoms with Crippen molar-refractivity contribution in [2.24, 2.45) is 0 Å². The number of hydrogen-bond acceptors (Lipinski definition) is 3. The molecule has 0 fully saturated rings. The number of carboxylic acid groups (broad SMARTS) is 1. The third kappa shape index (κ3) is 4.57. The second kappa shape index (κ2) is 7.35. The number of halogens is 1. The minimum atomic E-state index is -3.94. The van der Waals surface area contributed by atoms with Crippen LogP contribution in [0.4, 0.5) is 4.39 Å². The van der Waals surface area contributed by atoms with Crippen LogP contribution in [0.25, 0.3) is 0 Å². The van der Waals surface area contributed by atoms with E-state index in [4.69, 9.17) is 5.11 Å². The molecule has 0 saturated heterocycles. The molecule has 0 unspecified atom stereocenters. The maximum atomic E-state index is 13.7. The van der Waals surface area contributed by atoms with E-state index in [1.165, 1.54) is 0 Å². The smallest absolute Gasteiger partial charge is 0.335 e. The van der Waals surface area contributed by atoms with E-state index in [2.05, 4.69) is 4.72 Å². The van der Waals surface area contributed by atoms with Crippen molar-refractivity contribution in [3.8, 4) is 0 Å². The van der Waals surface area contributed by atoms with Crippen molar-refractivity contribution in [2.45, 2.75) is 37.5 Å². The van der Waals surface area contributed by atoms with E-state index in [1.807, 2.05) is 6.92 Å². The number of carboxylic acids is 1. The molecule has 0 amide bonds. The van der Waals surface area contributed by atoms with E-state index in [0.717, 1.165) is 31.4 Å². The first-order valence-corrected chi connectivity index (χ1v) is 7.89. The van der Waals surface area contributed by atoms with Gasteiger partial charge >= 0.3 is 5.97 Å². The number of carbonyl (C=O) groups is 1. The van der Waals surface area contributed by atoms with Crippen LogP contribution in [0.5, 0.6) is 0 Å². The van der Waals surface area contributed by atoms with Crippen LogP contribution in [0.2, 0.25) is 0 Å². The molecule has 0 spiro atoms. The second-order valence-corrected chi connectivity index (χ2v) is 6.14. The van der Waals surface area contributed by atoms with E-state index in [-0.39, 0.29) is 12.1 Å². The Balaban J connectivity index is 2.75. The van der Waals surface area contributed by atoms with Crippen molar-refractivity contribution in [1.82, 2.24) is 4.72 Å². The molecule has 0 saturated carbocycles. The average Bonchev–Trinajstić information content (AvgIpc) is 2.37. The Hall–Kier alpha value is -1.47. The van der Waals surface area contributed by atoms with Crippen LogP contribution >= 0.6 is 0 Å². The standard InChI is InChI=1S/C13H18FNO4S/c1-2-3-4-5-8-15-20(18,19)12-7-6-10(13(16)17)9-11(12)14/h6-7,9,15H,2-5,8H2,1H3,(H,16,17). The van der Waals surface area contributed by atoms with Crippen molar-refractivity contribution >= 4 is 16.0 Å². The minimum absolute atomic E-state index is 0.239. The van der Waals surface area contributed by atoms with Gasteiger partial charge in [-0.1, -0.05) is 26.2 Å². The van der Waals surface area contributed by atoms with Crippen molar-refractivity contribution in [3.05, 3.63) is 29.6 Å². The Morgan fingerprint density at radius 1 is 1.30 bits per heavy atom. The first-order chi connectivity index (χ1) is 9.38. The van der Waals surface area contributed by atoms with Gasteiger partial charge in [-0.15, -0.1) is 0 Å². The first kappa shape index (κ1) is 16.6. The highest BCUT2D eigenvalue weighted by Crippen LogP contribution is 2.16. The zero-order valence-electron chi connectivity index (χ0n) is 11.2. The van der Waals surface area contributed by atoms with Crippen LogP contribution < -0.4 is 4.72 Å². The van der Waals surface area contributed by atoms with Crippen molar-refractivity contribution in [3.63, 3.8) is 0 Å². The maximum absolute atomic E-state index is 13.7. The molecule has 7 heteroatoms. The molecule has 1 rings (SSSR count). The monoisotopic (exact) mass is 303 g/mol. The second-order valence-electron chi connectivity index (χ2n) is 4.41. The Morgan fingerprint density at radius 2 is 2.00 bits per heavy atom. The van der Waals surface area contributed by atoms with Gasteiger partial charge in [0.1, 0.15) is 10.7 Å². The van der Waals surface area contributed by atoms with Gasteiger partial charge in [0.15, 0.2) is 0 Å². The van der Waals surface area contributed by atoms with Gasteiger partial charge in [0.25, 0.3) is 0 Å². The van der Waals surface area contributed by atoms with E-state index in [1.54, 1.807) is 0 Å². The van der Waals surface area contributed by atoms with Crippen LogP contribution in [-0.4, -0.2) is 26.0 Å². The highest BCUT2D eigenvalue weighted by atomic mass is 32.2. The number of rotatable bonds is 8. The fraction of sp³-hybridized carbons (Fsp3) is 0.462. The zero-order chi connectivity index (χ0) is 15.2. The number of benzene rings is 1. The third-order valence-corrected chi connectivity index (χ3v) is 4.29. The van der Waals surface area contributed by atoms with E-state index < -0.39 is 26.7 Å². The van der Waals surface area contributed by atoms with Gasteiger partial charge in [-0.3, -0.25) is 0 Å². The minimum Gasteiger partial charge on any atom is -0.478 e. The van der Waals surface area contributed by atoms with Crippen LogP contribution in [0, 0.1) is 5.82 Å². The molecular weight excluding hydrogens is 285 g/mol. The molecule has 112 valence electrons. The summed E-state index contributed by atoms with van der Waals surface area (Å²) in [5, 5.41) is 8.70. The molecule has 0 aliphatic rings. The summed E-state index contributed by atoms with van der Waals surface area (Å²) >= 11 is 0. The molecule has 0 aliphatic carbocycles. The SMILES string of the molecule is CCCCCCNS(=O)(=O)c1ccc(C(=O)O)cc1F. The zero-order valence-corrected chi connectivity index (χ0v) is 12.0. The van der Waals surface area contributed by atoms with Crippen molar-refractivity contribution in [1.29, 1.82) is 0 Å². The van der Waals surface area contributed by atoms with Gasteiger partial charge < -0.3 is 5.11 Å². The Bertz CT molecular complexity index is 572. The lowest BCUT2D eigenvalue weighted by atomic mass is 10.2. The molecule has 20 heavy (non-hydrogen) atoms. The fourth-order valence-electron chi connectivity index (χ4n) is 1.69. The van der Waals surface area contributed by atoms with Crippen molar-refractivity contribution < 1.29 is 22.7 Å². The quantitative estimate of drug-likeness (QED) is 0.722. The first-order valence-electron chi connectivity index (χ1n) is 6.41. The summed E-state index contributed by atoms with van der Waals surface area (Å²) in [5.74, 6) is -2.37. The van der Waals surface area contributed by atoms with Crippen LogP contribution in [0.1, 0.15) is 43.0 Å². The Labute approximate surface area is 117 Å². The van der Waals surface area contributed by atoms with Crippen molar-refractivity contribution in [2.75, 3.05) is 6.54 Å². The molecule has 1 aromatic rings. The number of hydrogen-bond donors (Lipinski definition) is 2. The average molecular weight is 303 g/mol. The topological polar surface area (TPSA) is 83.5 Å². The van der Waals surface area contributed by atoms with Gasteiger partial charge in [0.05, 0.1) is 5.56 Å². The summed E-state index contributed by atoms with van der Waals surface area (Å²) in [5.41, 5.74) is -0.288. The van der Waals surface area contributed by atoms with E-state index in [0.29, 0.717) is 12.5 Å². The van der Waals surface area contributed by atoms with Crippen LogP contribution in [0.3, 0.4) is 0 Å². The number of unbranched alkanes of at least 4 members (excludes halogenated alkanes) is 3.